The Morgan fingerprint density at radius 1 is 1.03 bits per heavy atom. The van der Waals surface area contributed by atoms with E-state index in [1.165, 1.54) is 11.3 Å². The summed E-state index contributed by atoms with van der Waals surface area (Å²) in [4.78, 5) is 26.5. The highest BCUT2D eigenvalue weighted by atomic mass is 35.5. The smallest absolute Gasteiger partial charge is 0.268 e. The van der Waals surface area contributed by atoms with E-state index in [4.69, 9.17) is 23.2 Å². The number of carbonyl (C=O) groups is 2. The summed E-state index contributed by atoms with van der Waals surface area (Å²) < 4.78 is 0. The molecular formula is C23H20Cl2N2O2S. The van der Waals surface area contributed by atoms with Gasteiger partial charge in [-0.05, 0) is 72.3 Å². The number of rotatable bonds is 6. The molecule has 154 valence electrons. The van der Waals surface area contributed by atoms with Crippen molar-refractivity contribution >= 4 is 52.4 Å². The van der Waals surface area contributed by atoms with Gasteiger partial charge in [-0.15, -0.1) is 11.3 Å². The fourth-order valence-electron chi connectivity index (χ4n) is 2.69. The predicted molar refractivity (Wildman–Crippen MR) is 124 cm³/mol. The second-order valence-electron chi connectivity index (χ2n) is 6.75. The van der Waals surface area contributed by atoms with Crippen molar-refractivity contribution in [1.82, 2.24) is 10.6 Å². The quantitative estimate of drug-likeness (QED) is 0.461. The lowest BCUT2D eigenvalue weighted by molar-refractivity contribution is -0.117. The van der Waals surface area contributed by atoms with Crippen LogP contribution in [0, 0.1) is 13.8 Å². The highest BCUT2D eigenvalue weighted by Gasteiger charge is 2.16. The molecule has 0 bridgehead atoms. The monoisotopic (exact) mass is 458 g/mol. The van der Waals surface area contributed by atoms with Crippen LogP contribution < -0.4 is 10.6 Å². The Kier molecular flexibility index (Phi) is 7.32. The van der Waals surface area contributed by atoms with Crippen molar-refractivity contribution in [2.45, 2.75) is 20.4 Å². The maximum atomic E-state index is 12.9. The van der Waals surface area contributed by atoms with E-state index in [0.29, 0.717) is 15.6 Å². The number of nitrogens with one attached hydrogen (secondary N) is 2. The average molecular weight is 459 g/mol. The van der Waals surface area contributed by atoms with Gasteiger partial charge in [0.25, 0.3) is 11.8 Å². The first-order chi connectivity index (χ1) is 14.3. The van der Waals surface area contributed by atoms with Gasteiger partial charge in [-0.1, -0.05) is 41.4 Å². The molecular weight excluding hydrogens is 439 g/mol. The highest BCUT2D eigenvalue weighted by Crippen LogP contribution is 2.21. The van der Waals surface area contributed by atoms with Crippen molar-refractivity contribution in [2.24, 2.45) is 0 Å². The van der Waals surface area contributed by atoms with E-state index in [1.54, 1.807) is 36.4 Å². The van der Waals surface area contributed by atoms with E-state index in [2.05, 4.69) is 10.6 Å². The third-order valence-electron chi connectivity index (χ3n) is 4.55. The van der Waals surface area contributed by atoms with Crippen molar-refractivity contribution in [1.29, 1.82) is 0 Å². The second kappa shape index (κ2) is 9.94. The number of benzene rings is 2. The van der Waals surface area contributed by atoms with Gasteiger partial charge in [0.05, 0.1) is 0 Å². The van der Waals surface area contributed by atoms with E-state index < -0.39 is 5.91 Å². The van der Waals surface area contributed by atoms with Crippen molar-refractivity contribution in [3.05, 3.63) is 96.8 Å². The zero-order valence-corrected chi connectivity index (χ0v) is 18.8. The number of aryl methyl sites for hydroxylation is 2. The number of hydrogen-bond acceptors (Lipinski definition) is 3. The Balaban J connectivity index is 1.79. The molecule has 0 unspecified atom stereocenters. The van der Waals surface area contributed by atoms with Crippen LogP contribution in [-0.2, 0) is 11.3 Å². The maximum absolute atomic E-state index is 12.9. The lowest BCUT2D eigenvalue weighted by Gasteiger charge is -2.12. The molecule has 4 nitrogen and oxygen atoms in total. The topological polar surface area (TPSA) is 58.2 Å². The molecule has 2 amide bonds. The molecule has 0 radical (unpaired) electrons. The van der Waals surface area contributed by atoms with Gasteiger partial charge in [0.15, 0.2) is 0 Å². The normalized spacial score (nSPS) is 11.3. The second-order valence-corrected chi connectivity index (χ2v) is 8.57. The van der Waals surface area contributed by atoms with Gasteiger partial charge in [0, 0.05) is 27.0 Å². The third kappa shape index (κ3) is 5.72. The van der Waals surface area contributed by atoms with Gasteiger partial charge in [-0.3, -0.25) is 9.59 Å². The SMILES string of the molecule is Cc1ccc(C(=O)NC(=Cc2cccs2)C(=O)NCc2ccc(Cl)cc2Cl)cc1C. The van der Waals surface area contributed by atoms with Crippen LogP contribution in [0.15, 0.2) is 59.6 Å². The lowest BCUT2D eigenvalue weighted by atomic mass is 10.1. The van der Waals surface area contributed by atoms with Crippen molar-refractivity contribution in [2.75, 3.05) is 0 Å². The summed E-state index contributed by atoms with van der Waals surface area (Å²) in [5.41, 5.74) is 3.48. The molecule has 0 aliphatic rings. The molecule has 0 spiro atoms. The number of amides is 2. The van der Waals surface area contributed by atoms with Crippen LogP contribution in [0.4, 0.5) is 0 Å². The van der Waals surface area contributed by atoms with E-state index >= 15 is 0 Å². The summed E-state index contributed by atoms with van der Waals surface area (Å²) in [6.07, 6.45) is 1.66. The summed E-state index contributed by atoms with van der Waals surface area (Å²) in [6, 6.07) is 14.3. The van der Waals surface area contributed by atoms with Crippen LogP contribution in [0.2, 0.25) is 10.0 Å². The molecule has 0 saturated heterocycles. The van der Waals surface area contributed by atoms with Gasteiger partial charge >= 0.3 is 0 Å². The third-order valence-corrected chi connectivity index (χ3v) is 5.95. The maximum Gasteiger partial charge on any atom is 0.268 e. The molecule has 0 saturated carbocycles. The molecule has 3 rings (SSSR count). The molecule has 0 atom stereocenters. The first-order valence-corrected chi connectivity index (χ1v) is 10.8. The molecule has 0 aliphatic heterocycles. The van der Waals surface area contributed by atoms with E-state index in [-0.39, 0.29) is 18.1 Å². The number of hydrogen-bond donors (Lipinski definition) is 2. The van der Waals surface area contributed by atoms with Crippen LogP contribution >= 0.6 is 34.5 Å². The lowest BCUT2D eigenvalue weighted by Crippen LogP contribution is -2.34. The number of carbonyl (C=O) groups excluding carboxylic acids is 2. The fourth-order valence-corrected chi connectivity index (χ4v) is 3.82. The standard InChI is InChI=1S/C23H20Cl2N2O2S/c1-14-5-6-16(10-15(14)2)22(28)27-21(12-19-4-3-9-30-19)23(29)26-13-17-7-8-18(24)11-20(17)25/h3-12H,13H2,1-2H3,(H,26,29)(H,27,28). The van der Waals surface area contributed by atoms with Crippen LogP contribution in [0.25, 0.3) is 6.08 Å². The predicted octanol–water partition coefficient (Wildman–Crippen LogP) is 5.76. The Hall–Kier alpha value is -2.60. The Morgan fingerprint density at radius 3 is 2.50 bits per heavy atom. The summed E-state index contributed by atoms with van der Waals surface area (Å²) in [5, 5.41) is 8.43. The van der Waals surface area contributed by atoms with Crippen LogP contribution in [0.1, 0.15) is 31.9 Å². The van der Waals surface area contributed by atoms with E-state index in [1.807, 2.05) is 37.4 Å². The summed E-state index contributed by atoms with van der Waals surface area (Å²) in [5.74, 6) is -0.757. The minimum atomic E-state index is -0.411. The fraction of sp³-hybridized carbons (Fsp3) is 0.130. The average Bonchev–Trinajstić information content (AvgIpc) is 3.21. The van der Waals surface area contributed by atoms with E-state index in [0.717, 1.165) is 21.6 Å². The van der Waals surface area contributed by atoms with Gasteiger partial charge in [0.1, 0.15) is 5.70 Å². The first-order valence-electron chi connectivity index (χ1n) is 9.19. The Labute approximate surface area is 189 Å². The largest absolute Gasteiger partial charge is 0.347 e. The Bertz CT molecular complexity index is 1110. The van der Waals surface area contributed by atoms with Crippen LogP contribution in [0.5, 0.6) is 0 Å². The zero-order valence-electron chi connectivity index (χ0n) is 16.5. The van der Waals surface area contributed by atoms with E-state index in [9.17, 15) is 9.59 Å². The molecule has 2 aromatic carbocycles. The number of thiophene rings is 1. The number of halogens is 2. The molecule has 2 N–H and O–H groups in total. The minimum Gasteiger partial charge on any atom is -0.347 e. The molecule has 1 aromatic heterocycles. The van der Waals surface area contributed by atoms with Gasteiger partial charge in [0.2, 0.25) is 0 Å². The first kappa shape index (κ1) is 22.1. The molecule has 30 heavy (non-hydrogen) atoms. The Morgan fingerprint density at radius 2 is 1.83 bits per heavy atom. The van der Waals surface area contributed by atoms with Gasteiger partial charge in [-0.25, -0.2) is 0 Å². The molecule has 7 heteroatoms. The zero-order chi connectivity index (χ0) is 21.7. The van der Waals surface area contributed by atoms with Gasteiger partial charge < -0.3 is 10.6 Å². The summed E-state index contributed by atoms with van der Waals surface area (Å²) in [7, 11) is 0. The highest BCUT2D eigenvalue weighted by molar-refractivity contribution is 7.10. The van der Waals surface area contributed by atoms with Crippen molar-refractivity contribution in [3.63, 3.8) is 0 Å². The minimum absolute atomic E-state index is 0.158. The summed E-state index contributed by atoms with van der Waals surface area (Å²) >= 11 is 13.6. The van der Waals surface area contributed by atoms with Crippen LogP contribution in [0.3, 0.4) is 0 Å². The summed E-state index contributed by atoms with van der Waals surface area (Å²) in [6.45, 7) is 4.13. The van der Waals surface area contributed by atoms with Gasteiger partial charge in [-0.2, -0.15) is 0 Å². The molecule has 0 aliphatic carbocycles. The molecule has 3 aromatic rings. The molecule has 1 heterocycles. The van der Waals surface area contributed by atoms with Crippen LogP contribution in [-0.4, -0.2) is 11.8 Å². The van der Waals surface area contributed by atoms with Crippen molar-refractivity contribution in [3.8, 4) is 0 Å². The molecule has 0 fully saturated rings. The van der Waals surface area contributed by atoms with Crippen molar-refractivity contribution < 1.29 is 9.59 Å².